The third-order valence-corrected chi connectivity index (χ3v) is 6.88. The van der Waals surface area contributed by atoms with E-state index in [9.17, 15) is 14.4 Å². The lowest BCUT2D eigenvalue weighted by atomic mass is 9.94. The molecule has 3 N–H and O–H groups in total. The van der Waals surface area contributed by atoms with E-state index in [2.05, 4.69) is 26.3 Å². The highest BCUT2D eigenvalue weighted by Gasteiger charge is 2.35. The number of alkyl carbamates (subject to hydrolysis) is 1. The van der Waals surface area contributed by atoms with E-state index in [1.807, 2.05) is 57.3 Å². The van der Waals surface area contributed by atoms with E-state index in [-0.39, 0.29) is 5.91 Å². The number of ether oxygens (including phenoxy) is 1. The van der Waals surface area contributed by atoms with E-state index >= 15 is 0 Å². The van der Waals surface area contributed by atoms with Gasteiger partial charge < -0.3 is 19.6 Å². The topological polar surface area (TPSA) is 105 Å². The number of para-hydroxylation sites is 1. The molecule has 0 bridgehead atoms. The number of carbonyl (C=O) groups excluding carboxylic acids is 3. The Bertz CT molecular complexity index is 1650. The van der Waals surface area contributed by atoms with Crippen LogP contribution in [0.15, 0.2) is 48.8 Å². The van der Waals surface area contributed by atoms with Crippen LogP contribution >= 0.6 is 0 Å². The highest BCUT2D eigenvalue weighted by molar-refractivity contribution is 6.50. The van der Waals surface area contributed by atoms with Gasteiger partial charge in [0.1, 0.15) is 5.60 Å². The molecule has 0 aliphatic carbocycles. The van der Waals surface area contributed by atoms with Gasteiger partial charge in [0.05, 0.1) is 16.7 Å². The smallest absolute Gasteiger partial charge is 0.407 e. The second-order valence-electron chi connectivity index (χ2n) is 10.6. The van der Waals surface area contributed by atoms with Gasteiger partial charge in [-0.25, -0.2) is 4.79 Å². The van der Waals surface area contributed by atoms with Crippen molar-refractivity contribution >= 4 is 50.9 Å². The number of carbonyl (C=O) groups is 3. The van der Waals surface area contributed by atoms with Crippen LogP contribution in [0.3, 0.4) is 0 Å². The first kappa shape index (κ1) is 23.1. The summed E-state index contributed by atoms with van der Waals surface area (Å²) in [6.07, 6.45) is 5.35. The fraction of sp³-hybridized carbons (Fsp3) is 0.276. The first-order chi connectivity index (χ1) is 17.7. The molecule has 2 aromatic heterocycles. The first-order valence-corrected chi connectivity index (χ1v) is 12.5. The van der Waals surface area contributed by atoms with E-state index in [1.165, 1.54) is 5.56 Å². The van der Waals surface area contributed by atoms with Crippen LogP contribution < -0.4 is 10.6 Å². The van der Waals surface area contributed by atoms with Gasteiger partial charge in [-0.15, -0.1) is 0 Å². The zero-order valence-corrected chi connectivity index (χ0v) is 21.0. The molecule has 0 saturated carbocycles. The molecule has 0 radical (unpaired) electrons. The minimum absolute atomic E-state index is 0.300. The summed E-state index contributed by atoms with van der Waals surface area (Å²) in [5.41, 5.74) is 5.76. The molecule has 4 heterocycles. The van der Waals surface area contributed by atoms with E-state index in [1.54, 1.807) is 6.20 Å². The van der Waals surface area contributed by atoms with Crippen molar-refractivity contribution in [3.05, 3.63) is 71.0 Å². The lowest BCUT2D eigenvalue weighted by molar-refractivity contribution is -0.122. The highest BCUT2D eigenvalue weighted by Crippen LogP contribution is 2.40. The number of aromatic nitrogens is 2. The second-order valence-corrected chi connectivity index (χ2v) is 10.6. The molecule has 0 spiro atoms. The lowest BCUT2D eigenvalue weighted by Crippen LogP contribution is -2.32. The van der Waals surface area contributed by atoms with Gasteiger partial charge in [-0.2, -0.15) is 0 Å². The molecular weight excluding hydrogens is 468 g/mol. The predicted octanol–water partition coefficient (Wildman–Crippen LogP) is 4.66. The Kier molecular flexibility index (Phi) is 5.22. The number of fused-ring (bicyclic) bond motifs is 1. The molecule has 0 atom stereocenters. The Hall–Kier alpha value is -4.33. The van der Waals surface area contributed by atoms with Crippen LogP contribution in [0.25, 0.3) is 33.0 Å². The average Bonchev–Trinajstić information content (AvgIpc) is 3.50. The highest BCUT2D eigenvalue weighted by atomic mass is 16.6. The molecule has 0 unspecified atom stereocenters. The Morgan fingerprint density at radius 2 is 1.84 bits per heavy atom. The molecule has 2 aromatic carbocycles. The molecule has 6 rings (SSSR count). The molecule has 3 amide bonds. The molecule has 8 nitrogen and oxygen atoms in total. The number of benzene rings is 2. The summed E-state index contributed by atoms with van der Waals surface area (Å²) in [4.78, 5) is 41.5. The number of nitrogens with one attached hydrogen (secondary N) is 3. The summed E-state index contributed by atoms with van der Waals surface area (Å²) in [6.45, 7) is 6.63. The van der Waals surface area contributed by atoms with Crippen LogP contribution in [0.1, 0.15) is 49.4 Å². The molecule has 8 heteroatoms. The summed E-state index contributed by atoms with van der Waals surface area (Å²) in [5.74, 6) is -0.778. The number of rotatable bonds is 4. The summed E-state index contributed by atoms with van der Waals surface area (Å²) in [5, 5.41) is 7.10. The van der Waals surface area contributed by atoms with E-state index in [4.69, 9.17) is 4.74 Å². The number of aromatic amines is 1. The zero-order chi connectivity index (χ0) is 25.9. The Morgan fingerprint density at radius 3 is 2.62 bits per heavy atom. The van der Waals surface area contributed by atoms with Crippen LogP contribution in [0.4, 0.5) is 4.79 Å². The summed E-state index contributed by atoms with van der Waals surface area (Å²) < 4.78 is 7.50. The van der Waals surface area contributed by atoms with Crippen molar-refractivity contribution in [1.29, 1.82) is 0 Å². The Balaban J connectivity index is 1.40. The third kappa shape index (κ3) is 3.98. The maximum atomic E-state index is 13.1. The predicted molar refractivity (Wildman–Crippen MR) is 142 cm³/mol. The van der Waals surface area contributed by atoms with Crippen molar-refractivity contribution in [3.8, 4) is 0 Å². The molecule has 2 aliphatic heterocycles. The van der Waals surface area contributed by atoms with Crippen molar-refractivity contribution < 1.29 is 19.1 Å². The van der Waals surface area contributed by atoms with Crippen molar-refractivity contribution in [2.45, 2.75) is 52.3 Å². The molecule has 0 fully saturated rings. The van der Waals surface area contributed by atoms with E-state index < -0.39 is 17.6 Å². The van der Waals surface area contributed by atoms with Crippen LogP contribution in [-0.4, -0.2) is 33.1 Å². The Labute approximate surface area is 213 Å². The summed E-state index contributed by atoms with van der Waals surface area (Å²) in [7, 11) is 0. The molecule has 0 saturated heterocycles. The number of imide groups is 1. The van der Waals surface area contributed by atoms with Crippen LogP contribution in [-0.2, 0) is 33.8 Å². The number of amides is 3. The number of hydrogen-bond donors (Lipinski definition) is 3. The second kappa shape index (κ2) is 8.37. The van der Waals surface area contributed by atoms with Crippen LogP contribution in [0.5, 0.6) is 0 Å². The van der Waals surface area contributed by atoms with Gasteiger partial charge in [-0.3, -0.25) is 14.9 Å². The van der Waals surface area contributed by atoms with Crippen LogP contribution in [0.2, 0.25) is 0 Å². The molecule has 188 valence electrons. The fourth-order valence-corrected chi connectivity index (χ4v) is 5.40. The number of nitrogens with zero attached hydrogens (tertiary/aromatic N) is 1. The van der Waals surface area contributed by atoms with Gasteiger partial charge in [-0.1, -0.05) is 30.3 Å². The van der Waals surface area contributed by atoms with E-state index in [0.29, 0.717) is 23.3 Å². The zero-order valence-electron chi connectivity index (χ0n) is 21.0. The van der Waals surface area contributed by atoms with Crippen LogP contribution in [0, 0.1) is 0 Å². The Morgan fingerprint density at radius 1 is 1.05 bits per heavy atom. The molecule has 2 aliphatic rings. The normalized spacial score (nSPS) is 15.5. The number of hydrogen-bond acceptors (Lipinski definition) is 4. The lowest BCUT2D eigenvalue weighted by Gasteiger charge is -2.19. The number of H-pyrrole nitrogens is 1. The van der Waals surface area contributed by atoms with E-state index in [0.717, 1.165) is 52.3 Å². The SMILES string of the molecule is CC(C)(C)OC(=O)NCc1ccc2c(C3=C(c4cn5c6c(cccc46)CCC5)C(=O)NC3=O)c[nH]c2c1. The third-order valence-electron chi connectivity index (χ3n) is 6.88. The minimum Gasteiger partial charge on any atom is -0.444 e. The van der Waals surface area contributed by atoms with Crippen molar-refractivity contribution in [1.82, 2.24) is 20.2 Å². The van der Waals surface area contributed by atoms with Crippen molar-refractivity contribution in [3.63, 3.8) is 0 Å². The standard InChI is InChI=1S/C29H28N4O4/c1-29(2,3)37-28(36)31-13-16-9-10-18-20(14-30-22(18)12-16)23-24(27(35)32-26(23)34)21-15-33-11-5-7-17-6-4-8-19(21)25(17)33/h4,6,8-10,12,14-15,30H,5,7,11,13H2,1-3H3,(H,31,36)(H,32,34,35). The largest absolute Gasteiger partial charge is 0.444 e. The van der Waals surface area contributed by atoms with Gasteiger partial charge in [-0.05, 0) is 50.8 Å². The van der Waals surface area contributed by atoms with Gasteiger partial charge in [0.25, 0.3) is 11.8 Å². The quantitative estimate of drug-likeness (QED) is 0.357. The summed E-state index contributed by atoms with van der Waals surface area (Å²) in [6, 6.07) is 11.9. The van der Waals surface area contributed by atoms with Crippen molar-refractivity contribution in [2.75, 3.05) is 0 Å². The first-order valence-electron chi connectivity index (χ1n) is 12.5. The van der Waals surface area contributed by atoms with Gasteiger partial charge in [0.15, 0.2) is 0 Å². The number of aryl methyl sites for hydroxylation is 2. The molecule has 37 heavy (non-hydrogen) atoms. The fourth-order valence-electron chi connectivity index (χ4n) is 5.40. The van der Waals surface area contributed by atoms with Crippen molar-refractivity contribution in [2.24, 2.45) is 0 Å². The monoisotopic (exact) mass is 496 g/mol. The van der Waals surface area contributed by atoms with Gasteiger partial charge in [0.2, 0.25) is 0 Å². The summed E-state index contributed by atoms with van der Waals surface area (Å²) >= 11 is 0. The maximum absolute atomic E-state index is 13.1. The van der Waals surface area contributed by atoms with Gasteiger partial charge in [0, 0.05) is 52.9 Å². The minimum atomic E-state index is -0.571. The van der Waals surface area contributed by atoms with Gasteiger partial charge >= 0.3 is 6.09 Å². The average molecular weight is 497 g/mol. The maximum Gasteiger partial charge on any atom is 0.407 e. The molecule has 4 aromatic rings. The molecular formula is C29H28N4O4.